The summed E-state index contributed by atoms with van der Waals surface area (Å²) in [5, 5.41) is 11.1. The van der Waals surface area contributed by atoms with Gasteiger partial charge in [-0.3, -0.25) is 19.8 Å². The van der Waals surface area contributed by atoms with Crippen LogP contribution in [-0.4, -0.2) is 53.1 Å². The first-order valence-corrected chi connectivity index (χ1v) is 8.20. The van der Waals surface area contributed by atoms with E-state index in [1.165, 1.54) is 25.1 Å². The summed E-state index contributed by atoms with van der Waals surface area (Å²) in [6, 6.07) is 5.91. The quantitative estimate of drug-likeness (QED) is 0.465. The van der Waals surface area contributed by atoms with E-state index in [1.54, 1.807) is 6.07 Å². The number of carbonyl (C=O) groups excluding carboxylic acids is 2. The molecule has 4 atom stereocenters. The molecule has 2 heterocycles. The minimum Gasteiger partial charge on any atom is -0.461 e. The van der Waals surface area contributed by atoms with Crippen LogP contribution in [0.15, 0.2) is 24.3 Å². The number of piperidine rings is 1. The Bertz CT molecular complexity index is 706. The van der Waals surface area contributed by atoms with Crippen LogP contribution in [0.4, 0.5) is 5.69 Å². The van der Waals surface area contributed by atoms with E-state index in [2.05, 4.69) is 4.90 Å². The Hall–Kier alpha value is -2.48. The number of ether oxygens (including phenoxy) is 2. The van der Waals surface area contributed by atoms with Gasteiger partial charge in [-0.25, -0.2) is 4.79 Å². The lowest BCUT2D eigenvalue weighted by molar-refractivity contribution is -0.385. The lowest BCUT2D eigenvalue weighted by atomic mass is 10.00. The Kier molecular flexibility index (Phi) is 4.71. The fourth-order valence-corrected chi connectivity index (χ4v) is 3.83. The lowest BCUT2D eigenvalue weighted by Gasteiger charge is -2.36. The smallest absolute Gasteiger partial charge is 0.345 e. The molecule has 0 unspecified atom stereocenters. The molecule has 1 aromatic carbocycles. The molecule has 1 aromatic rings. The van der Waals surface area contributed by atoms with Crippen LogP contribution in [0.1, 0.15) is 36.5 Å². The highest BCUT2D eigenvalue weighted by Gasteiger charge is 2.47. The van der Waals surface area contributed by atoms with E-state index in [1.807, 2.05) is 7.05 Å². The summed E-state index contributed by atoms with van der Waals surface area (Å²) in [5.74, 6) is -1.01. The molecule has 0 aromatic heterocycles. The van der Waals surface area contributed by atoms with Gasteiger partial charge in [-0.15, -0.1) is 0 Å². The maximum Gasteiger partial charge on any atom is 0.345 e. The largest absolute Gasteiger partial charge is 0.461 e. The van der Waals surface area contributed by atoms with Gasteiger partial charge in [0, 0.05) is 38.3 Å². The third-order valence-electron chi connectivity index (χ3n) is 4.98. The van der Waals surface area contributed by atoms with E-state index in [4.69, 9.17) is 9.47 Å². The number of hydrogen-bond acceptors (Lipinski definition) is 7. The van der Waals surface area contributed by atoms with Gasteiger partial charge in [0.25, 0.3) is 5.69 Å². The number of benzene rings is 1. The molecule has 0 saturated carbocycles. The molecule has 134 valence electrons. The second-order valence-corrected chi connectivity index (χ2v) is 6.54. The maximum atomic E-state index is 12.4. The summed E-state index contributed by atoms with van der Waals surface area (Å²) >= 11 is 0. The zero-order valence-corrected chi connectivity index (χ0v) is 14.1. The highest BCUT2D eigenvalue weighted by molar-refractivity contribution is 5.93. The Morgan fingerprint density at radius 3 is 2.60 bits per heavy atom. The minimum atomic E-state index is -0.690. The molecule has 2 aliphatic heterocycles. The average molecular weight is 348 g/mol. The highest BCUT2D eigenvalue weighted by Crippen LogP contribution is 2.38. The summed E-state index contributed by atoms with van der Waals surface area (Å²) in [6.45, 7) is 1.38. The van der Waals surface area contributed by atoms with Crippen molar-refractivity contribution in [2.24, 2.45) is 0 Å². The molecule has 2 fully saturated rings. The van der Waals surface area contributed by atoms with Crippen LogP contribution in [-0.2, 0) is 14.3 Å². The van der Waals surface area contributed by atoms with Gasteiger partial charge in [0.2, 0.25) is 0 Å². The summed E-state index contributed by atoms with van der Waals surface area (Å²) in [7, 11) is 1.97. The molecule has 8 heteroatoms. The monoisotopic (exact) mass is 348 g/mol. The van der Waals surface area contributed by atoms with Gasteiger partial charge in [-0.1, -0.05) is 12.1 Å². The zero-order chi connectivity index (χ0) is 18.1. The fraction of sp³-hybridized carbons (Fsp3) is 0.529. The topological polar surface area (TPSA) is 99.0 Å². The standard InChI is InChI=1S/C17H20N2O6/c1-10(20)24-16-8-11-7-12(9-15(16)18(11)2)25-17(21)13-5-3-4-6-14(13)19(22)23/h3-6,11-12,15-16H,7-9H2,1-2H3/t11-,12+,15-,16-/m0/s1. The number of nitro benzene ring substituents is 1. The molecule has 25 heavy (non-hydrogen) atoms. The van der Waals surface area contributed by atoms with Crippen molar-refractivity contribution in [3.8, 4) is 0 Å². The van der Waals surface area contributed by atoms with Crippen LogP contribution in [0.5, 0.6) is 0 Å². The van der Waals surface area contributed by atoms with Gasteiger partial charge in [0.15, 0.2) is 0 Å². The second kappa shape index (κ2) is 6.79. The van der Waals surface area contributed by atoms with Crippen LogP contribution in [0.2, 0.25) is 0 Å². The summed E-state index contributed by atoms with van der Waals surface area (Å²) in [4.78, 5) is 36.3. The van der Waals surface area contributed by atoms with Gasteiger partial charge in [0.05, 0.1) is 11.0 Å². The Balaban J connectivity index is 1.70. The first kappa shape index (κ1) is 17.3. The first-order valence-electron chi connectivity index (χ1n) is 8.20. The van der Waals surface area contributed by atoms with E-state index < -0.39 is 10.9 Å². The van der Waals surface area contributed by atoms with Gasteiger partial charge >= 0.3 is 11.9 Å². The van der Waals surface area contributed by atoms with Crippen molar-refractivity contribution in [2.75, 3.05) is 7.05 Å². The molecule has 2 bridgehead atoms. The van der Waals surface area contributed by atoms with Crippen LogP contribution in [0, 0.1) is 10.1 Å². The predicted octanol–water partition coefficient (Wildman–Crippen LogP) is 1.92. The lowest BCUT2D eigenvalue weighted by Crippen LogP contribution is -2.46. The molecule has 3 rings (SSSR count). The van der Waals surface area contributed by atoms with Crippen molar-refractivity contribution in [2.45, 2.75) is 50.5 Å². The van der Waals surface area contributed by atoms with Crippen molar-refractivity contribution < 1.29 is 24.0 Å². The van der Waals surface area contributed by atoms with E-state index in [9.17, 15) is 19.7 Å². The maximum absolute atomic E-state index is 12.4. The number of para-hydroxylation sites is 1. The molecule has 0 spiro atoms. The van der Waals surface area contributed by atoms with Crippen LogP contribution in [0.25, 0.3) is 0 Å². The molecular formula is C17H20N2O6. The number of carbonyl (C=O) groups is 2. The molecule has 0 N–H and O–H groups in total. The highest BCUT2D eigenvalue weighted by atomic mass is 16.6. The average Bonchev–Trinajstić information content (AvgIpc) is 2.73. The van der Waals surface area contributed by atoms with Crippen LogP contribution >= 0.6 is 0 Å². The summed E-state index contributed by atoms with van der Waals surface area (Å²) < 4.78 is 10.9. The number of fused-ring (bicyclic) bond motifs is 2. The number of nitro groups is 1. The Morgan fingerprint density at radius 2 is 1.92 bits per heavy atom. The number of hydrogen-bond donors (Lipinski definition) is 0. The zero-order valence-electron chi connectivity index (χ0n) is 14.1. The molecule has 0 radical (unpaired) electrons. The molecule has 0 aliphatic carbocycles. The molecule has 0 amide bonds. The van der Waals surface area contributed by atoms with Crippen molar-refractivity contribution in [3.63, 3.8) is 0 Å². The second-order valence-electron chi connectivity index (χ2n) is 6.54. The molecular weight excluding hydrogens is 328 g/mol. The van der Waals surface area contributed by atoms with Gasteiger partial charge in [0.1, 0.15) is 17.8 Å². The third-order valence-corrected chi connectivity index (χ3v) is 4.98. The van der Waals surface area contributed by atoms with Gasteiger partial charge < -0.3 is 9.47 Å². The fourth-order valence-electron chi connectivity index (χ4n) is 3.83. The van der Waals surface area contributed by atoms with E-state index in [-0.39, 0.29) is 41.5 Å². The van der Waals surface area contributed by atoms with Crippen molar-refractivity contribution >= 4 is 17.6 Å². The normalized spacial score (nSPS) is 28.4. The van der Waals surface area contributed by atoms with E-state index in [0.29, 0.717) is 19.3 Å². The SMILES string of the molecule is CC(=O)O[C@H]1C[C@@H]2C[C@@H](OC(=O)c3ccccc3[N+](=O)[O-])C[C@@H]1N2C. The van der Waals surface area contributed by atoms with Crippen LogP contribution < -0.4 is 0 Å². The van der Waals surface area contributed by atoms with Crippen molar-refractivity contribution in [1.82, 2.24) is 4.90 Å². The van der Waals surface area contributed by atoms with Gasteiger partial charge in [-0.05, 0) is 13.1 Å². The Morgan fingerprint density at radius 1 is 1.20 bits per heavy atom. The van der Waals surface area contributed by atoms with Crippen molar-refractivity contribution in [1.29, 1.82) is 0 Å². The summed E-state index contributed by atoms with van der Waals surface area (Å²) in [6.07, 6.45) is 1.32. The van der Waals surface area contributed by atoms with Crippen molar-refractivity contribution in [3.05, 3.63) is 39.9 Å². The molecule has 8 nitrogen and oxygen atoms in total. The van der Waals surface area contributed by atoms with Crippen LogP contribution in [0.3, 0.4) is 0 Å². The number of likely N-dealkylation sites (N-methyl/N-ethyl adjacent to an activating group) is 1. The number of esters is 2. The first-order chi connectivity index (χ1) is 11.9. The third kappa shape index (κ3) is 3.48. The number of nitrogens with zero attached hydrogens (tertiary/aromatic N) is 2. The molecule has 2 saturated heterocycles. The van der Waals surface area contributed by atoms with E-state index in [0.717, 1.165) is 0 Å². The van der Waals surface area contributed by atoms with E-state index >= 15 is 0 Å². The van der Waals surface area contributed by atoms with Gasteiger partial charge in [-0.2, -0.15) is 0 Å². The Labute approximate surface area is 144 Å². The summed E-state index contributed by atoms with van der Waals surface area (Å²) in [5.41, 5.74) is -0.309. The number of rotatable bonds is 4. The predicted molar refractivity (Wildman–Crippen MR) is 87.0 cm³/mol. The molecule has 2 aliphatic rings. The minimum absolute atomic E-state index is 0.00814.